The average Bonchev–Trinajstić information content (AvgIpc) is 2.82. The lowest BCUT2D eigenvalue weighted by Crippen LogP contribution is -2.37. The number of ether oxygens (including phenoxy) is 3. The van der Waals surface area contributed by atoms with Gasteiger partial charge in [-0.15, -0.1) is 0 Å². The lowest BCUT2D eigenvalue weighted by molar-refractivity contribution is -0.122. The summed E-state index contributed by atoms with van der Waals surface area (Å²) in [5.41, 5.74) is 2.32. The van der Waals surface area contributed by atoms with Gasteiger partial charge in [0.1, 0.15) is 0 Å². The Morgan fingerprint density at radius 1 is 1.00 bits per heavy atom. The predicted molar refractivity (Wildman–Crippen MR) is 97.0 cm³/mol. The molecule has 25 heavy (non-hydrogen) atoms. The van der Waals surface area contributed by atoms with Crippen molar-refractivity contribution in [2.24, 2.45) is 0 Å². The van der Waals surface area contributed by atoms with Crippen molar-refractivity contribution in [2.45, 2.75) is 18.8 Å². The Hall–Kier alpha value is -2.69. The lowest BCUT2D eigenvalue weighted by atomic mass is 9.78. The standard InChI is InChI=1S/C20H23NO4/c1-20(14-8-6-7-9-15(14)21(2)19(20)22)12-13-10-16(23-3)18(25-5)17(11-13)24-4/h6-11H,12H2,1-5H3/t20-/m1/s1. The van der Waals surface area contributed by atoms with Crippen LogP contribution in [0.2, 0.25) is 0 Å². The van der Waals surface area contributed by atoms with Gasteiger partial charge < -0.3 is 19.1 Å². The molecule has 1 amide bonds. The molecule has 1 atom stereocenters. The number of amides is 1. The van der Waals surface area contributed by atoms with E-state index in [4.69, 9.17) is 14.2 Å². The number of anilines is 1. The minimum absolute atomic E-state index is 0.0856. The number of rotatable bonds is 5. The SMILES string of the molecule is COc1cc(C[C@@]2(C)C(=O)N(C)c3ccccc32)cc(OC)c1OC. The van der Waals surface area contributed by atoms with Gasteiger partial charge in [0.15, 0.2) is 11.5 Å². The third kappa shape index (κ3) is 2.60. The zero-order chi connectivity index (χ0) is 18.2. The van der Waals surface area contributed by atoms with E-state index in [0.717, 1.165) is 16.8 Å². The minimum atomic E-state index is -0.629. The van der Waals surface area contributed by atoms with Gasteiger partial charge in [-0.1, -0.05) is 18.2 Å². The largest absolute Gasteiger partial charge is 0.493 e. The minimum Gasteiger partial charge on any atom is -0.493 e. The molecular weight excluding hydrogens is 318 g/mol. The molecule has 2 aromatic carbocycles. The third-order valence-electron chi connectivity index (χ3n) is 4.92. The molecule has 5 heteroatoms. The molecule has 3 rings (SSSR count). The van der Waals surface area contributed by atoms with E-state index < -0.39 is 5.41 Å². The first-order chi connectivity index (χ1) is 12.0. The summed E-state index contributed by atoms with van der Waals surface area (Å²) in [6, 6.07) is 11.7. The summed E-state index contributed by atoms with van der Waals surface area (Å²) >= 11 is 0. The summed E-state index contributed by atoms with van der Waals surface area (Å²) in [4.78, 5) is 14.7. The Morgan fingerprint density at radius 2 is 1.60 bits per heavy atom. The first kappa shape index (κ1) is 17.1. The molecule has 5 nitrogen and oxygen atoms in total. The highest BCUT2D eigenvalue weighted by Gasteiger charge is 2.45. The third-order valence-corrected chi connectivity index (χ3v) is 4.92. The zero-order valence-corrected chi connectivity index (χ0v) is 15.3. The normalized spacial score (nSPS) is 18.9. The molecule has 2 aromatic rings. The number of likely N-dealkylation sites (N-methyl/N-ethyl adjacent to an activating group) is 1. The quantitative estimate of drug-likeness (QED) is 0.838. The second kappa shape index (κ2) is 6.31. The van der Waals surface area contributed by atoms with Crippen LogP contribution >= 0.6 is 0 Å². The number of hydrogen-bond donors (Lipinski definition) is 0. The van der Waals surface area contributed by atoms with Crippen LogP contribution in [0.3, 0.4) is 0 Å². The van der Waals surface area contributed by atoms with Crippen LogP contribution in [0.5, 0.6) is 17.2 Å². The summed E-state index contributed by atoms with van der Waals surface area (Å²) < 4.78 is 16.2. The summed E-state index contributed by atoms with van der Waals surface area (Å²) in [5.74, 6) is 1.82. The van der Waals surface area contributed by atoms with E-state index >= 15 is 0 Å². The van der Waals surface area contributed by atoms with Crippen LogP contribution in [-0.4, -0.2) is 34.3 Å². The van der Waals surface area contributed by atoms with Gasteiger partial charge >= 0.3 is 0 Å². The highest BCUT2D eigenvalue weighted by molar-refractivity contribution is 6.07. The van der Waals surface area contributed by atoms with Crippen LogP contribution in [0.4, 0.5) is 5.69 Å². The Kier molecular flexibility index (Phi) is 4.33. The van der Waals surface area contributed by atoms with Gasteiger partial charge in [0.2, 0.25) is 11.7 Å². The average molecular weight is 341 g/mol. The van der Waals surface area contributed by atoms with Crippen molar-refractivity contribution in [3.8, 4) is 17.2 Å². The van der Waals surface area contributed by atoms with Crippen molar-refractivity contribution < 1.29 is 19.0 Å². The van der Waals surface area contributed by atoms with Crippen LogP contribution in [0, 0.1) is 0 Å². The molecule has 0 saturated carbocycles. The topological polar surface area (TPSA) is 48.0 Å². The summed E-state index contributed by atoms with van der Waals surface area (Å²) in [6.07, 6.45) is 0.546. The fourth-order valence-electron chi connectivity index (χ4n) is 3.64. The van der Waals surface area contributed by atoms with Crippen LogP contribution in [0.25, 0.3) is 0 Å². The van der Waals surface area contributed by atoms with Gasteiger partial charge in [0.25, 0.3) is 0 Å². The Labute approximate surface area is 148 Å². The van der Waals surface area contributed by atoms with Gasteiger partial charge in [-0.05, 0) is 42.7 Å². The molecule has 0 saturated heterocycles. The van der Waals surface area contributed by atoms with Crippen molar-refractivity contribution in [1.29, 1.82) is 0 Å². The first-order valence-electron chi connectivity index (χ1n) is 8.12. The molecule has 1 aliphatic heterocycles. The number of para-hydroxylation sites is 1. The summed E-state index contributed by atoms with van der Waals surface area (Å²) in [6.45, 7) is 1.99. The second-order valence-corrected chi connectivity index (χ2v) is 6.42. The van der Waals surface area contributed by atoms with Gasteiger partial charge in [-0.3, -0.25) is 4.79 Å². The van der Waals surface area contributed by atoms with Gasteiger partial charge in [0.05, 0.1) is 26.7 Å². The van der Waals surface area contributed by atoms with Crippen LogP contribution < -0.4 is 19.1 Å². The van der Waals surface area contributed by atoms with Crippen molar-refractivity contribution >= 4 is 11.6 Å². The van der Waals surface area contributed by atoms with Crippen molar-refractivity contribution in [3.05, 3.63) is 47.5 Å². The highest BCUT2D eigenvalue weighted by atomic mass is 16.5. The highest BCUT2D eigenvalue weighted by Crippen LogP contribution is 2.45. The predicted octanol–water partition coefficient (Wildman–Crippen LogP) is 3.19. The maximum absolute atomic E-state index is 13.0. The molecule has 1 aliphatic rings. The number of benzene rings is 2. The van der Waals surface area contributed by atoms with E-state index in [-0.39, 0.29) is 5.91 Å². The lowest BCUT2D eigenvalue weighted by Gasteiger charge is -2.24. The number of carbonyl (C=O) groups excluding carboxylic acids is 1. The fraction of sp³-hybridized carbons (Fsp3) is 0.350. The van der Waals surface area contributed by atoms with Crippen molar-refractivity contribution in [2.75, 3.05) is 33.3 Å². The van der Waals surface area contributed by atoms with Crippen molar-refractivity contribution in [3.63, 3.8) is 0 Å². The van der Waals surface area contributed by atoms with Crippen LogP contribution in [0.1, 0.15) is 18.1 Å². The molecule has 0 unspecified atom stereocenters. The monoisotopic (exact) mass is 341 g/mol. The van der Waals surface area contributed by atoms with E-state index in [2.05, 4.69) is 0 Å². The Bertz CT molecular complexity index is 792. The number of nitrogens with zero attached hydrogens (tertiary/aromatic N) is 1. The summed E-state index contributed by atoms with van der Waals surface area (Å²) in [7, 11) is 6.58. The van der Waals surface area contributed by atoms with Gasteiger partial charge in [0, 0.05) is 12.7 Å². The molecular formula is C20H23NO4. The van der Waals surface area contributed by atoms with Crippen LogP contribution in [0.15, 0.2) is 36.4 Å². The van der Waals surface area contributed by atoms with E-state index in [1.165, 1.54) is 0 Å². The van der Waals surface area contributed by atoms with E-state index in [1.807, 2.05) is 50.4 Å². The van der Waals surface area contributed by atoms with Gasteiger partial charge in [-0.25, -0.2) is 0 Å². The molecule has 0 bridgehead atoms. The molecule has 0 fully saturated rings. The smallest absolute Gasteiger partial charge is 0.237 e. The number of fused-ring (bicyclic) bond motifs is 1. The molecule has 0 spiro atoms. The maximum atomic E-state index is 13.0. The molecule has 1 heterocycles. The van der Waals surface area contributed by atoms with E-state index in [9.17, 15) is 4.79 Å². The molecule has 132 valence electrons. The van der Waals surface area contributed by atoms with Crippen LogP contribution in [-0.2, 0) is 16.6 Å². The first-order valence-corrected chi connectivity index (χ1v) is 8.12. The molecule has 0 N–H and O–H groups in total. The van der Waals surface area contributed by atoms with Gasteiger partial charge in [-0.2, -0.15) is 0 Å². The zero-order valence-electron chi connectivity index (χ0n) is 15.3. The molecule has 0 aliphatic carbocycles. The van der Waals surface area contributed by atoms with E-state index in [0.29, 0.717) is 23.7 Å². The Morgan fingerprint density at radius 3 is 2.16 bits per heavy atom. The maximum Gasteiger partial charge on any atom is 0.237 e. The number of hydrogen-bond acceptors (Lipinski definition) is 4. The number of methoxy groups -OCH3 is 3. The second-order valence-electron chi connectivity index (χ2n) is 6.42. The van der Waals surface area contributed by atoms with Crippen molar-refractivity contribution in [1.82, 2.24) is 0 Å². The molecule has 0 radical (unpaired) electrons. The van der Waals surface area contributed by atoms with E-state index in [1.54, 1.807) is 26.2 Å². The summed E-state index contributed by atoms with van der Waals surface area (Å²) in [5, 5.41) is 0. The number of carbonyl (C=O) groups is 1. The molecule has 0 aromatic heterocycles. The fourth-order valence-corrected chi connectivity index (χ4v) is 3.64. The Balaban J connectivity index is 2.07.